The molecule has 1 atom stereocenters. The van der Waals surface area contributed by atoms with Gasteiger partial charge in [0.2, 0.25) is 0 Å². The molecule has 1 aliphatic carbocycles. The smallest absolute Gasteiger partial charge is 0.185 e. The highest BCUT2D eigenvalue weighted by atomic mass is 16.1. The Labute approximate surface area is 186 Å². The number of nitrogens with zero attached hydrogens (tertiary/aromatic N) is 4. The van der Waals surface area contributed by atoms with Crippen LogP contribution in [0.1, 0.15) is 66.7 Å². The number of hydrogen-bond donors (Lipinski definition) is 0. The Hall–Kier alpha value is -2.27. The summed E-state index contributed by atoms with van der Waals surface area (Å²) in [5.41, 5.74) is 4.14. The minimum absolute atomic E-state index is 0.0655. The number of anilines is 1. The molecule has 5 nitrogen and oxygen atoms in total. The summed E-state index contributed by atoms with van der Waals surface area (Å²) in [4.78, 5) is 26.6. The van der Waals surface area contributed by atoms with Gasteiger partial charge < -0.3 is 4.90 Å². The van der Waals surface area contributed by atoms with Crippen LogP contribution >= 0.6 is 0 Å². The van der Waals surface area contributed by atoms with Crippen molar-refractivity contribution < 1.29 is 4.79 Å². The van der Waals surface area contributed by atoms with Crippen LogP contribution in [0.3, 0.4) is 0 Å². The Bertz CT molecular complexity index is 908. The SMILES string of the molecule is CCCN(CC1CC1)c1cc(C(=O)Cc2ccc(CN3CCC(C)C3)cc2C)ncn1. The number of carbonyl (C=O) groups is 1. The van der Waals surface area contributed by atoms with Crippen molar-refractivity contribution in [2.24, 2.45) is 11.8 Å². The van der Waals surface area contributed by atoms with Gasteiger partial charge in [-0.1, -0.05) is 32.0 Å². The lowest BCUT2D eigenvalue weighted by atomic mass is 9.99. The lowest BCUT2D eigenvalue weighted by molar-refractivity contribution is 0.0988. The average Bonchev–Trinajstić information content (AvgIpc) is 3.49. The molecule has 4 rings (SSSR count). The van der Waals surface area contributed by atoms with E-state index in [-0.39, 0.29) is 5.78 Å². The number of aromatic nitrogens is 2. The van der Waals surface area contributed by atoms with E-state index >= 15 is 0 Å². The average molecular weight is 421 g/mol. The first kappa shape index (κ1) is 21.9. The second-order valence-corrected chi connectivity index (χ2v) is 9.64. The van der Waals surface area contributed by atoms with E-state index in [1.165, 1.54) is 43.5 Å². The lowest BCUT2D eigenvalue weighted by Gasteiger charge is -2.23. The first-order valence-electron chi connectivity index (χ1n) is 11.9. The van der Waals surface area contributed by atoms with Crippen molar-refractivity contribution in [3.63, 3.8) is 0 Å². The Balaban J connectivity index is 1.41. The van der Waals surface area contributed by atoms with Gasteiger partial charge in [0.05, 0.1) is 0 Å². The van der Waals surface area contributed by atoms with E-state index in [0.717, 1.165) is 49.3 Å². The number of carbonyl (C=O) groups excluding carboxylic acids is 1. The normalized spacial score (nSPS) is 19.0. The maximum Gasteiger partial charge on any atom is 0.185 e. The molecular weight excluding hydrogens is 384 g/mol. The molecule has 2 aromatic rings. The topological polar surface area (TPSA) is 49.3 Å². The Morgan fingerprint density at radius 2 is 2.03 bits per heavy atom. The van der Waals surface area contributed by atoms with Crippen LogP contribution in [0, 0.1) is 18.8 Å². The molecule has 166 valence electrons. The molecule has 0 N–H and O–H groups in total. The van der Waals surface area contributed by atoms with Crippen molar-refractivity contribution in [2.75, 3.05) is 31.1 Å². The highest BCUT2D eigenvalue weighted by Gasteiger charge is 2.25. The Kier molecular flexibility index (Phi) is 7.01. The molecule has 0 radical (unpaired) electrons. The zero-order valence-electron chi connectivity index (χ0n) is 19.3. The van der Waals surface area contributed by atoms with Crippen molar-refractivity contribution in [3.8, 4) is 0 Å². The van der Waals surface area contributed by atoms with Crippen LogP contribution in [0.5, 0.6) is 0 Å². The number of likely N-dealkylation sites (tertiary alicyclic amines) is 1. The summed E-state index contributed by atoms with van der Waals surface area (Å²) in [6.07, 6.45) is 6.92. The van der Waals surface area contributed by atoms with Crippen LogP contribution in [0.15, 0.2) is 30.6 Å². The highest BCUT2D eigenvalue weighted by molar-refractivity contribution is 5.96. The molecule has 1 unspecified atom stereocenters. The number of aryl methyl sites for hydroxylation is 1. The molecule has 0 amide bonds. The van der Waals surface area contributed by atoms with Gasteiger partial charge >= 0.3 is 0 Å². The fourth-order valence-electron chi connectivity index (χ4n) is 4.60. The molecule has 5 heteroatoms. The summed E-state index contributed by atoms with van der Waals surface area (Å²) in [5, 5.41) is 0. The zero-order valence-corrected chi connectivity index (χ0v) is 19.3. The summed E-state index contributed by atoms with van der Waals surface area (Å²) >= 11 is 0. The molecule has 31 heavy (non-hydrogen) atoms. The van der Waals surface area contributed by atoms with Crippen LogP contribution in [0.2, 0.25) is 0 Å². The zero-order chi connectivity index (χ0) is 21.8. The van der Waals surface area contributed by atoms with E-state index in [1.54, 1.807) is 6.33 Å². The first-order valence-corrected chi connectivity index (χ1v) is 11.9. The molecule has 2 aliphatic rings. The highest BCUT2D eigenvalue weighted by Crippen LogP contribution is 2.31. The number of rotatable bonds is 10. The summed E-state index contributed by atoms with van der Waals surface area (Å²) in [5.74, 6) is 2.54. The van der Waals surface area contributed by atoms with Gasteiger partial charge in [0, 0.05) is 38.7 Å². The fraction of sp³-hybridized carbons (Fsp3) is 0.577. The number of benzene rings is 1. The Morgan fingerprint density at radius 3 is 2.71 bits per heavy atom. The second-order valence-electron chi connectivity index (χ2n) is 9.64. The minimum atomic E-state index is 0.0655. The predicted octanol–water partition coefficient (Wildman–Crippen LogP) is 4.68. The van der Waals surface area contributed by atoms with Crippen molar-refractivity contribution in [1.29, 1.82) is 0 Å². The van der Waals surface area contributed by atoms with E-state index in [4.69, 9.17) is 0 Å². The molecule has 0 spiro atoms. The van der Waals surface area contributed by atoms with Gasteiger partial charge in [-0.3, -0.25) is 9.69 Å². The van der Waals surface area contributed by atoms with Crippen LogP contribution in [-0.4, -0.2) is 46.8 Å². The van der Waals surface area contributed by atoms with E-state index in [0.29, 0.717) is 12.1 Å². The standard InChI is InChI=1S/C26H36N4O/c1-4-10-30(17-21-5-6-21)26-14-24(27-18-28-26)25(31)13-23-8-7-22(12-20(23)3)16-29-11-9-19(2)15-29/h7-8,12,14,18-19,21H,4-6,9-11,13,15-17H2,1-3H3. The molecule has 2 fully saturated rings. The molecule has 0 bridgehead atoms. The van der Waals surface area contributed by atoms with Crippen LogP contribution in [-0.2, 0) is 13.0 Å². The molecule has 1 aromatic heterocycles. The van der Waals surface area contributed by atoms with E-state index in [9.17, 15) is 4.79 Å². The number of Topliss-reactive ketones (excluding diaryl/α,β-unsaturated/α-hetero) is 1. The predicted molar refractivity (Wildman–Crippen MR) is 126 cm³/mol. The summed E-state index contributed by atoms with van der Waals surface area (Å²) in [6, 6.07) is 8.44. The van der Waals surface area contributed by atoms with Crippen molar-refractivity contribution >= 4 is 11.6 Å². The van der Waals surface area contributed by atoms with Gasteiger partial charge in [-0.15, -0.1) is 0 Å². The van der Waals surface area contributed by atoms with Crippen LogP contribution in [0.4, 0.5) is 5.82 Å². The third-order valence-electron chi connectivity index (χ3n) is 6.60. The van der Waals surface area contributed by atoms with Crippen LogP contribution < -0.4 is 4.90 Å². The molecule has 1 aromatic carbocycles. The van der Waals surface area contributed by atoms with Crippen molar-refractivity contribution in [1.82, 2.24) is 14.9 Å². The third-order valence-corrected chi connectivity index (χ3v) is 6.60. The molecule has 1 aliphatic heterocycles. The quantitative estimate of drug-likeness (QED) is 0.523. The lowest BCUT2D eigenvalue weighted by Crippen LogP contribution is -2.27. The summed E-state index contributed by atoms with van der Waals surface area (Å²) < 4.78 is 0. The summed E-state index contributed by atoms with van der Waals surface area (Å²) in [6.45, 7) is 12.0. The Morgan fingerprint density at radius 1 is 1.19 bits per heavy atom. The van der Waals surface area contributed by atoms with Crippen LogP contribution in [0.25, 0.3) is 0 Å². The van der Waals surface area contributed by atoms with E-state index in [2.05, 4.69) is 58.7 Å². The maximum absolute atomic E-state index is 13.0. The van der Waals surface area contributed by atoms with Crippen molar-refractivity contribution in [3.05, 3.63) is 53.0 Å². The monoisotopic (exact) mass is 420 g/mol. The number of hydrogen-bond acceptors (Lipinski definition) is 5. The molecule has 1 saturated heterocycles. The summed E-state index contributed by atoms with van der Waals surface area (Å²) in [7, 11) is 0. The molecule has 2 heterocycles. The van der Waals surface area contributed by atoms with Gasteiger partial charge in [0.25, 0.3) is 0 Å². The van der Waals surface area contributed by atoms with E-state index in [1.807, 2.05) is 6.07 Å². The van der Waals surface area contributed by atoms with Gasteiger partial charge in [-0.2, -0.15) is 0 Å². The largest absolute Gasteiger partial charge is 0.356 e. The van der Waals surface area contributed by atoms with Gasteiger partial charge in [0.15, 0.2) is 5.78 Å². The molecular formula is C26H36N4O. The van der Waals surface area contributed by atoms with E-state index < -0.39 is 0 Å². The molecule has 1 saturated carbocycles. The number of ketones is 1. The van der Waals surface area contributed by atoms with Crippen molar-refractivity contribution in [2.45, 2.75) is 59.4 Å². The third kappa shape index (κ3) is 5.91. The van der Waals surface area contributed by atoms with Gasteiger partial charge in [0.1, 0.15) is 17.8 Å². The minimum Gasteiger partial charge on any atom is -0.356 e. The first-order chi connectivity index (χ1) is 15.0. The van der Waals surface area contributed by atoms with Gasteiger partial charge in [-0.05, 0) is 67.7 Å². The second kappa shape index (κ2) is 9.90. The van der Waals surface area contributed by atoms with Gasteiger partial charge in [-0.25, -0.2) is 9.97 Å². The fourth-order valence-corrected chi connectivity index (χ4v) is 4.60. The maximum atomic E-state index is 13.0.